The van der Waals surface area contributed by atoms with Crippen LogP contribution in [0.1, 0.15) is 26.6 Å². The van der Waals surface area contributed by atoms with Crippen molar-refractivity contribution in [1.82, 2.24) is 9.97 Å². The third-order valence-corrected chi connectivity index (χ3v) is 3.92. The van der Waals surface area contributed by atoms with Crippen LogP contribution in [0, 0.1) is 0 Å². The van der Waals surface area contributed by atoms with E-state index >= 15 is 0 Å². The molecule has 0 aliphatic carbocycles. The highest BCUT2D eigenvalue weighted by atomic mass is 16.5. The van der Waals surface area contributed by atoms with Crippen LogP contribution in [0.4, 0.5) is 5.69 Å². The highest BCUT2D eigenvalue weighted by molar-refractivity contribution is 5.81. The van der Waals surface area contributed by atoms with Crippen molar-refractivity contribution in [2.75, 3.05) is 24.6 Å². The zero-order chi connectivity index (χ0) is 16.4. The molecule has 2 atom stereocenters. The first-order chi connectivity index (χ1) is 11.0. The lowest BCUT2D eigenvalue weighted by Gasteiger charge is -2.36. The number of carbonyl (C=O) groups is 1. The van der Waals surface area contributed by atoms with E-state index in [0.717, 1.165) is 29.8 Å². The van der Waals surface area contributed by atoms with E-state index in [1.54, 1.807) is 6.92 Å². The Hall–Kier alpha value is -2.08. The number of anilines is 1. The summed E-state index contributed by atoms with van der Waals surface area (Å²) in [7, 11) is 0. The Labute approximate surface area is 135 Å². The Kier molecular flexibility index (Phi) is 4.52. The highest BCUT2D eigenvalue weighted by Crippen LogP contribution is 2.24. The summed E-state index contributed by atoms with van der Waals surface area (Å²) in [5.74, 6) is 0.377. The third-order valence-electron chi connectivity index (χ3n) is 3.92. The van der Waals surface area contributed by atoms with Gasteiger partial charge in [0.15, 0.2) is 0 Å². The number of aromatic nitrogens is 2. The maximum Gasteiger partial charge on any atom is 0.313 e. The minimum absolute atomic E-state index is 0.170. The number of hydrogen-bond donors (Lipinski definition) is 1. The molecule has 6 heteroatoms. The fourth-order valence-corrected chi connectivity index (χ4v) is 3.07. The molecule has 0 amide bonds. The van der Waals surface area contributed by atoms with Crippen molar-refractivity contribution in [2.24, 2.45) is 0 Å². The monoisotopic (exact) mass is 317 g/mol. The summed E-state index contributed by atoms with van der Waals surface area (Å²) in [6, 6.07) is 6.14. The molecule has 1 saturated heterocycles. The first kappa shape index (κ1) is 15.8. The summed E-state index contributed by atoms with van der Waals surface area (Å²) in [5, 5.41) is 0. The lowest BCUT2D eigenvalue weighted by atomic mass is 10.2. The van der Waals surface area contributed by atoms with Crippen LogP contribution >= 0.6 is 0 Å². The smallest absolute Gasteiger partial charge is 0.313 e. The van der Waals surface area contributed by atoms with Crippen LogP contribution in [0.15, 0.2) is 18.2 Å². The Morgan fingerprint density at radius 1 is 1.39 bits per heavy atom. The van der Waals surface area contributed by atoms with Crippen molar-refractivity contribution < 1.29 is 14.3 Å². The number of rotatable bonds is 4. The van der Waals surface area contributed by atoms with Crippen LogP contribution in [-0.4, -0.2) is 47.8 Å². The molecule has 1 aliphatic heterocycles. The van der Waals surface area contributed by atoms with Crippen LogP contribution in [-0.2, 0) is 20.7 Å². The van der Waals surface area contributed by atoms with Gasteiger partial charge in [-0.05, 0) is 39.0 Å². The second-order valence-corrected chi connectivity index (χ2v) is 6.03. The molecule has 124 valence electrons. The van der Waals surface area contributed by atoms with Gasteiger partial charge in [-0.25, -0.2) is 4.98 Å². The minimum atomic E-state index is -0.261. The summed E-state index contributed by atoms with van der Waals surface area (Å²) in [4.78, 5) is 21.6. The number of imidazole rings is 1. The zero-order valence-corrected chi connectivity index (χ0v) is 13.8. The number of morpholine rings is 1. The molecule has 2 heterocycles. The van der Waals surface area contributed by atoms with E-state index in [0.29, 0.717) is 12.4 Å². The molecular weight excluding hydrogens is 294 g/mol. The molecule has 3 rings (SSSR count). The van der Waals surface area contributed by atoms with Crippen LogP contribution in [0.3, 0.4) is 0 Å². The van der Waals surface area contributed by atoms with E-state index in [1.807, 2.05) is 6.07 Å². The fourth-order valence-electron chi connectivity index (χ4n) is 3.07. The topological polar surface area (TPSA) is 67.4 Å². The van der Waals surface area contributed by atoms with Gasteiger partial charge in [-0.3, -0.25) is 4.79 Å². The average Bonchev–Trinajstić information content (AvgIpc) is 2.87. The van der Waals surface area contributed by atoms with Crippen molar-refractivity contribution in [3.63, 3.8) is 0 Å². The Morgan fingerprint density at radius 2 is 2.13 bits per heavy atom. The van der Waals surface area contributed by atoms with E-state index < -0.39 is 0 Å². The van der Waals surface area contributed by atoms with Crippen LogP contribution < -0.4 is 4.90 Å². The van der Waals surface area contributed by atoms with Gasteiger partial charge in [0.25, 0.3) is 0 Å². The molecule has 0 unspecified atom stereocenters. The zero-order valence-electron chi connectivity index (χ0n) is 13.8. The highest BCUT2D eigenvalue weighted by Gasteiger charge is 2.22. The number of nitrogens with one attached hydrogen (secondary N) is 1. The number of H-pyrrole nitrogens is 1. The van der Waals surface area contributed by atoms with Crippen molar-refractivity contribution in [3.05, 3.63) is 24.0 Å². The van der Waals surface area contributed by atoms with Gasteiger partial charge in [0.2, 0.25) is 0 Å². The van der Waals surface area contributed by atoms with Crippen molar-refractivity contribution >= 4 is 22.7 Å². The number of benzene rings is 1. The molecule has 1 aromatic heterocycles. The number of fused-ring (bicyclic) bond motifs is 1. The number of ether oxygens (including phenoxy) is 2. The quantitative estimate of drug-likeness (QED) is 0.876. The van der Waals surface area contributed by atoms with Gasteiger partial charge in [0.1, 0.15) is 12.2 Å². The second-order valence-electron chi connectivity index (χ2n) is 6.03. The van der Waals surface area contributed by atoms with Gasteiger partial charge in [-0.15, -0.1) is 0 Å². The van der Waals surface area contributed by atoms with E-state index in [4.69, 9.17) is 9.47 Å². The maximum absolute atomic E-state index is 11.6. The molecule has 0 saturated carbocycles. The predicted octanol–water partition coefficient (Wildman–Crippen LogP) is 2.28. The maximum atomic E-state index is 11.6. The fraction of sp³-hybridized carbons (Fsp3) is 0.529. The van der Waals surface area contributed by atoms with Gasteiger partial charge in [0.05, 0.1) is 29.8 Å². The van der Waals surface area contributed by atoms with Crippen LogP contribution in [0.5, 0.6) is 0 Å². The summed E-state index contributed by atoms with van der Waals surface area (Å²) in [6.07, 6.45) is 0.606. The molecule has 1 aromatic carbocycles. The largest absolute Gasteiger partial charge is 0.466 e. The van der Waals surface area contributed by atoms with E-state index in [2.05, 4.69) is 40.8 Å². The average molecular weight is 317 g/mol. The van der Waals surface area contributed by atoms with E-state index in [-0.39, 0.29) is 24.6 Å². The number of aromatic amines is 1. The summed E-state index contributed by atoms with van der Waals surface area (Å²) in [5.41, 5.74) is 2.95. The minimum Gasteiger partial charge on any atom is -0.466 e. The Morgan fingerprint density at radius 3 is 2.83 bits per heavy atom. The lowest BCUT2D eigenvalue weighted by molar-refractivity contribution is -0.142. The van der Waals surface area contributed by atoms with Crippen molar-refractivity contribution in [3.8, 4) is 0 Å². The molecule has 2 aromatic rings. The molecule has 6 nitrogen and oxygen atoms in total. The summed E-state index contributed by atoms with van der Waals surface area (Å²) in [6.45, 7) is 8.12. The third kappa shape index (κ3) is 3.64. The summed E-state index contributed by atoms with van der Waals surface area (Å²) < 4.78 is 10.7. The van der Waals surface area contributed by atoms with Gasteiger partial charge >= 0.3 is 5.97 Å². The SMILES string of the molecule is CCOC(=O)Cc1nc2ccc(N3C[C@@H](C)O[C@@H](C)C3)cc2[nH]1. The molecule has 23 heavy (non-hydrogen) atoms. The number of carbonyl (C=O) groups excluding carboxylic acids is 1. The number of hydrogen-bond acceptors (Lipinski definition) is 5. The van der Waals surface area contributed by atoms with E-state index in [9.17, 15) is 4.79 Å². The Bertz CT molecular complexity index is 687. The van der Waals surface area contributed by atoms with Crippen molar-refractivity contribution in [1.29, 1.82) is 0 Å². The molecule has 1 N–H and O–H groups in total. The number of esters is 1. The van der Waals surface area contributed by atoms with E-state index in [1.165, 1.54) is 0 Å². The normalized spacial score (nSPS) is 21.6. The van der Waals surface area contributed by atoms with Gasteiger partial charge in [-0.2, -0.15) is 0 Å². The van der Waals surface area contributed by atoms with Gasteiger partial charge in [0, 0.05) is 18.8 Å². The van der Waals surface area contributed by atoms with Crippen LogP contribution in [0.2, 0.25) is 0 Å². The van der Waals surface area contributed by atoms with Crippen LogP contribution in [0.25, 0.3) is 11.0 Å². The molecule has 0 radical (unpaired) electrons. The molecule has 1 fully saturated rings. The molecule has 0 bridgehead atoms. The molecule has 1 aliphatic rings. The molecule has 0 spiro atoms. The second kappa shape index (κ2) is 6.58. The first-order valence-corrected chi connectivity index (χ1v) is 8.10. The summed E-state index contributed by atoms with van der Waals surface area (Å²) >= 11 is 0. The first-order valence-electron chi connectivity index (χ1n) is 8.10. The standard InChI is InChI=1S/C17H23N3O3/c1-4-22-17(21)8-16-18-14-6-5-13(7-15(14)19-16)20-9-11(2)23-12(3)10-20/h5-7,11-12H,4,8-10H2,1-3H3,(H,18,19)/t11-,12+. The van der Waals surface area contributed by atoms with Gasteiger partial charge in [-0.1, -0.05) is 0 Å². The molecular formula is C17H23N3O3. The van der Waals surface area contributed by atoms with Crippen molar-refractivity contribution in [2.45, 2.75) is 39.4 Å². The Balaban J connectivity index is 1.80. The van der Waals surface area contributed by atoms with Gasteiger partial charge < -0.3 is 19.4 Å². The predicted molar refractivity (Wildman–Crippen MR) is 88.7 cm³/mol. The lowest BCUT2D eigenvalue weighted by Crippen LogP contribution is -2.45. The number of nitrogens with zero attached hydrogens (tertiary/aromatic N) is 2.